The molecule has 0 saturated heterocycles. The Kier molecular flexibility index (Phi) is 22.3. The zero-order chi connectivity index (χ0) is 21.4. The molecule has 1 amide bonds. The zero-order valence-corrected chi connectivity index (χ0v) is 19.0. The van der Waals surface area contributed by atoms with Crippen molar-refractivity contribution in [3.63, 3.8) is 0 Å². The molecule has 0 aromatic heterocycles. The summed E-state index contributed by atoms with van der Waals surface area (Å²) < 4.78 is 4.96. The minimum absolute atomic E-state index is 0.180. The Morgan fingerprint density at radius 3 is 1.38 bits per heavy atom. The first kappa shape index (κ1) is 27.9. The standard InChI is InChI=1S/C24H47NO4/c1-29-22-18-21-25-23(26)19-16-14-12-10-8-6-4-2-3-5-7-9-11-13-15-17-20-24(27)28/h2-22H2,1H3,(H,25,26)(H,27,28). The van der Waals surface area contributed by atoms with Crippen molar-refractivity contribution in [2.45, 2.75) is 122 Å². The number of methoxy groups -OCH3 is 1. The van der Waals surface area contributed by atoms with Gasteiger partial charge in [-0.3, -0.25) is 9.59 Å². The van der Waals surface area contributed by atoms with Crippen molar-refractivity contribution in [1.82, 2.24) is 5.32 Å². The number of nitrogens with one attached hydrogen (secondary N) is 1. The van der Waals surface area contributed by atoms with Gasteiger partial charge in [0.1, 0.15) is 0 Å². The summed E-state index contributed by atoms with van der Waals surface area (Å²) in [4.78, 5) is 22.0. The number of carbonyl (C=O) groups is 2. The minimum atomic E-state index is -0.668. The summed E-state index contributed by atoms with van der Waals surface area (Å²) >= 11 is 0. The Hall–Kier alpha value is -1.10. The maximum absolute atomic E-state index is 11.6. The molecule has 0 aromatic carbocycles. The molecule has 0 aliphatic heterocycles. The second-order valence-corrected chi connectivity index (χ2v) is 8.25. The highest BCUT2D eigenvalue weighted by atomic mass is 16.5. The molecule has 0 unspecified atom stereocenters. The van der Waals surface area contributed by atoms with E-state index in [0.717, 1.165) is 32.2 Å². The Labute approximate surface area is 179 Å². The van der Waals surface area contributed by atoms with Gasteiger partial charge < -0.3 is 15.2 Å². The van der Waals surface area contributed by atoms with E-state index in [1.54, 1.807) is 7.11 Å². The van der Waals surface area contributed by atoms with Crippen molar-refractivity contribution < 1.29 is 19.4 Å². The van der Waals surface area contributed by atoms with E-state index >= 15 is 0 Å². The van der Waals surface area contributed by atoms with Crippen LogP contribution in [0.25, 0.3) is 0 Å². The summed E-state index contributed by atoms with van der Waals surface area (Å²) in [5.41, 5.74) is 0. The van der Waals surface area contributed by atoms with Crippen LogP contribution in [-0.2, 0) is 14.3 Å². The van der Waals surface area contributed by atoms with Gasteiger partial charge in [0.15, 0.2) is 0 Å². The highest BCUT2D eigenvalue weighted by molar-refractivity contribution is 5.75. The number of carboxylic acids is 1. The largest absolute Gasteiger partial charge is 0.481 e. The predicted molar refractivity (Wildman–Crippen MR) is 120 cm³/mol. The van der Waals surface area contributed by atoms with Crippen molar-refractivity contribution in [1.29, 1.82) is 0 Å². The van der Waals surface area contributed by atoms with Crippen LogP contribution < -0.4 is 5.32 Å². The third-order valence-corrected chi connectivity index (χ3v) is 5.39. The average Bonchev–Trinajstić information content (AvgIpc) is 2.70. The van der Waals surface area contributed by atoms with E-state index in [4.69, 9.17) is 9.84 Å². The van der Waals surface area contributed by atoms with Crippen LogP contribution >= 0.6 is 0 Å². The molecule has 0 aromatic rings. The molecule has 0 saturated carbocycles. The predicted octanol–water partition coefficient (Wildman–Crippen LogP) is 6.25. The van der Waals surface area contributed by atoms with Gasteiger partial charge in [-0.1, -0.05) is 89.9 Å². The molecule has 5 heteroatoms. The quantitative estimate of drug-likeness (QED) is 0.194. The van der Waals surface area contributed by atoms with E-state index in [-0.39, 0.29) is 5.91 Å². The average molecular weight is 414 g/mol. The lowest BCUT2D eigenvalue weighted by molar-refractivity contribution is -0.137. The van der Waals surface area contributed by atoms with Crippen LogP contribution in [-0.4, -0.2) is 37.2 Å². The molecule has 0 bridgehead atoms. The Morgan fingerprint density at radius 1 is 0.621 bits per heavy atom. The first-order valence-corrected chi connectivity index (χ1v) is 12.1. The molecule has 2 N–H and O–H groups in total. The summed E-state index contributed by atoms with van der Waals surface area (Å²) in [6.45, 7) is 1.43. The van der Waals surface area contributed by atoms with Gasteiger partial charge in [0.2, 0.25) is 5.91 Å². The van der Waals surface area contributed by atoms with Gasteiger partial charge >= 0.3 is 5.97 Å². The summed E-state index contributed by atoms with van der Waals surface area (Å²) in [6.07, 6.45) is 21.7. The number of ether oxygens (including phenoxy) is 1. The maximum Gasteiger partial charge on any atom is 0.303 e. The highest BCUT2D eigenvalue weighted by Gasteiger charge is 2.00. The molecule has 5 nitrogen and oxygen atoms in total. The minimum Gasteiger partial charge on any atom is -0.481 e. The molecule has 0 rings (SSSR count). The smallest absolute Gasteiger partial charge is 0.303 e. The van der Waals surface area contributed by atoms with Gasteiger partial charge in [0, 0.05) is 33.1 Å². The summed E-state index contributed by atoms with van der Waals surface area (Å²) in [6, 6.07) is 0. The summed E-state index contributed by atoms with van der Waals surface area (Å²) in [7, 11) is 1.68. The van der Waals surface area contributed by atoms with Crippen molar-refractivity contribution >= 4 is 11.9 Å². The Balaban J connectivity index is 3.10. The molecular weight excluding hydrogens is 366 g/mol. The van der Waals surface area contributed by atoms with Crippen molar-refractivity contribution in [2.75, 3.05) is 20.3 Å². The normalized spacial score (nSPS) is 10.9. The first-order chi connectivity index (χ1) is 14.2. The fraction of sp³-hybridized carbons (Fsp3) is 0.917. The first-order valence-electron chi connectivity index (χ1n) is 12.1. The van der Waals surface area contributed by atoms with E-state index < -0.39 is 5.97 Å². The van der Waals surface area contributed by atoms with Crippen LogP contribution in [0.5, 0.6) is 0 Å². The van der Waals surface area contributed by atoms with Crippen LogP contribution in [0.2, 0.25) is 0 Å². The van der Waals surface area contributed by atoms with Crippen molar-refractivity contribution in [3.05, 3.63) is 0 Å². The summed E-state index contributed by atoms with van der Waals surface area (Å²) in [5.74, 6) is -0.488. The fourth-order valence-corrected chi connectivity index (χ4v) is 3.57. The molecular formula is C24H47NO4. The Bertz CT molecular complexity index is 374. The van der Waals surface area contributed by atoms with Gasteiger partial charge in [0.05, 0.1) is 0 Å². The molecule has 0 heterocycles. The number of carbonyl (C=O) groups excluding carboxylic acids is 1. The molecule has 0 radical (unpaired) electrons. The molecule has 0 aliphatic rings. The van der Waals surface area contributed by atoms with Crippen LogP contribution in [0, 0.1) is 0 Å². The number of rotatable bonds is 23. The molecule has 29 heavy (non-hydrogen) atoms. The topological polar surface area (TPSA) is 75.6 Å². The molecule has 0 fully saturated rings. The molecule has 0 aliphatic carbocycles. The highest BCUT2D eigenvalue weighted by Crippen LogP contribution is 2.14. The zero-order valence-electron chi connectivity index (χ0n) is 19.0. The van der Waals surface area contributed by atoms with E-state index in [1.165, 1.54) is 83.5 Å². The SMILES string of the molecule is COCCCNC(=O)CCCCCCCCCCCCCCCCCCC(=O)O. The second kappa shape index (κ2) is 23.2. The number of carboxylic acid groups (broad SMARTS) is 1. The number of unbranched alkanes of at least 4 members (excludes halogenated alkanes) is 15. The number of hydrogen-bond acceptors (Lipinski definition) is 3. The van der Waals surface area contributed by atoms with Crippen molar-refractivity contribution in [2.24, 2.45) is 0 Å². The lowest BCUT2D eigenvalue weighted by Crippen LogP contribution is -2.24. The lowest BCUT2D eigenvalue weighted by atomic mass is 10.0. The van der Waals surface area contributed by atoms with Crippen molar-refractivity contribution in [3.8, 4) is 0 Å². The van der Waals surface area contributed by atoms with Crippen LogP contribution in [0.1, 0.15) is 122 Å². The van der Waals surface area contributed by atoms with Crippen LogP contribution in [0.15, 0.2) is 0 Å². The monoisotopic (exact) mass is 413 g/mol. The van der Waals surface area contributed by atoms with Crippen LogP contribution in [0.3, 0.4) is 0 Å². The van der Waals surface area contributed by atoms with E-state index in [1.807, 2.05) is 0 Å². The van der Waals surface area contributed by atoms with Gasteiger partial charge in [-0.05, 0) is 19.3 Å². The number of aliphatic carboxylic acids is 1. The summed E-state index contributed by atoms with van der Waals surface area (Å²) in [5, 5.41) is 11.5. The number of hydrogen-bond donors (Lipinski definition) is 2. The fourth-order valence-electron chi connectivity index (χ4n) is 3.57. The number of amides is 1. The van der Waals surface area contributed by atoms with E-state index in [0.29, 0.717) is 19.4 Å². The van der Waals surface area contributed by atoms with Gasteiger partial charge in [-0.2, -0.15) is 0 Å². The van der Waals surface area contributed by atoms with Gasteiger partial charge in [-0.15, -0.1) is 0 Å². The molecule has 0 atom stereocenters. The maximum atomic E-state index is 11.6. The third-order valence-electron chi connectivity index (χ3n) is 5.39. The van der Waals surface area contributed by atoms with Gasteiger partial charge in [-0.25, -0.2) is 0 Å². The molecule has 0 spiro atoms. The van der Waals surface area contributed by atoms with E-state index in [9.17, 15) is 9.59 Å². The van der Waals surface area contributed by atoms with E-state index in [2.05, 4.69) is 5.32 Å². The molecule has 172 valence electrons. The lowest BCUT2D eigenvalue weighted by Gasteiger charge is -2.05. The van der Waals surface area contributed by atoms with Crippen LogP contribution in [0.4, 0.5) is 0 Å². The second-order valence-electron chi connectivity index (χ2n) is 8.25. The van der Waals surface area contributed by atoms with Gasteiger partial charge in [0.25, 0.3) is 0 Å². The third kappa shape index (κ3) is 24.9. The Morgan fingerprint density at radius 2 is 1.00 bits per heavy atom.